The Bertz CT molecular complexity index is 470. The van der Waals surface area contributed by atoms with Crippen LogP contribution in [-0.2, 0) is 6.42 Å². The predicted octanol–water partition coefficient (Wildman–Crippen LogP) is 3.47. The van der Waals surface area contributed by atoms with Crippen LogP contribution in [0.3, 0.4) is 0 Å². The molecular weight excluding hydrogens is 296 g/mol. The molecule has 1 heterocycles. The number of allylic oxidation sites excluding steroid dienone is 1. The molecule has 0 N–H and O–H groups in total. The number of ether oxygens (including phenoxy) is 1. The van der Waals surface area contributed by atoms with Crippen LogP contribution in [0.2, 0.25) is 5.02 Å². The number of benzene rings is 1. The largest absolute Gasteiger partial charge is 0.493 e. The number of halogens is 1. The van der Waals surface area contributed by atoms with E-state index in [-0.39, 0.29) is 0 Å². The Hall–Kier alpha value is -1.03. The van der Waals surface area contributed by atoms with E-state index in [2.05, 4.69) is 23.3 Å². The van der Waals surface area contributed by atoms with Crippen molar-refractivity contribution in [2.24, 2.45) is 0 Å². The molecule has 1 saturated heterocycles. The number of hydrogen-bond donors (Lipinski definition) is 0. The van der Waals surface area contributed by atoms with E-state index in [0.717, 1.165) is 42.3 Å². The van der Waals surface area contributed by atoms with E-state index in [9.17, 15) is 0 Å². The van der Waals surface area contributed by atoms with Gasteiger partial charge in [-0.05, 0) is 43.1 Å². The van der Waals surface area contributed by atoms with Crippen molar-refractivity contribution in [2.75, 3.05) is 45.9 Å². The summed E-state index contributed by atoms with van der Waals surface area (Å²) in [6.07, 6.45) is 3.73. The van der Waals surface area contributed by atoms with Crippen LogP contribution in [0.5, 0.6) is 5.75 Å². The van der Waals surface area contributed by atoms with Crippen molar-refractivity contribution in [1.29, 1.82) is 0 Å². The third-order valence-electron chi connectivity index (χ3n) is 4.18. The van der Waals surface area contributed by atoms with Crippen molar-refractivity contribution >= 4 is 11.6 Å². The monoisotopic (exact) mass is 322 g/mol. The lowest BCUT2D eigenvalue weighted by Gasteiger charge is -2.33. The second-order valence-electron chi connectivity index (χ2n) is 5.72. The standard InChI is InChI=1S/C18H27ClN2O/c1-3-6-16-15-17(19)7-8-18(16)22-14-5-9-21-12-10-20(4-2)11-13-21/h3,7-8,15H,1,4-6,9-14H2,2H3. The average Bonchev–Trinajstić information content (AvgIpc) is 2.54. The fraction of sp³-hybridized carbons (Fsp3) is 0.556. The van der Waals surface area contributed by atoms with E-state index < -0.39 is 0 Å². The third kappa shape index (κ3) is 5.31. The van der Waals surface area contributed by atoms with Crippen LogP contribution in [0.15, 0.2) is 30.9 Å². The highest BCUT2D eigenvalue weighted by Gasteiger charge is 2.14. The van der Waals surface area contributed by atoms with Crippen LogP contribution >= 0.6 is 11.6 Å². The minimum Gasteiger partial charge on any atom is -0.493 e. The molecule has 2 rings (SSSR count). The topological polar surface area (TPSA) is 15.7 Å². The van der Waals surface area contributed by atoms with Crippen LogP contribution in [0, 0.1) is 0 Å². The summed E-state index contributed by atoms with van der Waals surface area (Å²) in [6.45, 7) is 13.8. The smallest absolute Gasteiger partial charge is 0.122 e. The minimum absolute atomic E-state index is 0.748. The van der Waals surface area contributed by atoms with Gasteiger partial charge in [0.15, 0.2) is 0 Å². The summed E-state index contributed by atoms with van der Waals surface area (Å²) in [7, 11) is 0. The van der Waals surface area contributed by atoms with Crippen LogP contribution in [0.1, 0.15) is 18.9 Å². The fourth-order valence-corrected chi connectivity index (χ4v) is 3.00. The SMILES string of the molecule is C=CCc1cc(Cl)ccc1OCCCN1CCN(CC)CC1. The maximum atomic E-state index is 6.04. The van der Waals surface area contributed by atoms with Gasteiger partial charge in [0, 0.05) is 37.7 Å². The summed E-state index contributed by atoms with van der Waals surface area (Å²) in [5, 5.41) is 0.748. The van der Waals surface area contributed by atoms with Gasteiger partial charge in [0.2, 0.25) is 0 Å². The lowest BCUT2D eigenvalue weighted by Crippen LogP contribution is -2.46. The highest BCUT2D eigenvalue weighted by molar-refractivity contribution is 6.30. The summed E-state index contributed by atoms with van der Waals surface area (Å²) in [5.41, 5.74) is 1.11. The van der Waals surface area contributed by atoms with Crippen LogP contribution < -0.4 is 4.74 Å². The molecule has 0 spiro atoms. The van der Waals surface area contributed by atoms with Crippen LogP contribution in [0.4, 0.5) is 0 Å². The van der Waals surface area contributed by atoms with Gasteiger partial charge in [0.1, 0.15) is 5.75 Å². The van der Waals surface area contributed by atoms with Crippen molar-refractivity contribution < 1.29 is 4.74 Å². The van der Waals surface area contributed by atoms with E-state index in [0.29, 0.717) is 0 Å². The number of likely N-dealkylation sites (N-methyl/N-ethyl adjacent to an activating group) is 1. The van der Waals surface area contributed by atoms with E-state index in [1.165, 1.54) is 32.7 Å². The zero-order valence-electron chi connectivity index (χ0n) is 13.6. The number of nitrogens with zero attached hydrogens (tertiary/aromatic N) is 2. The van der Waals surface area contributed by atoms with Crippen molar-refractivity contribution in [3.05, 3.63) is 41.4 Å². The molecule has 0 saturated carbocycles. The summed E-state index contributed by atoms with van der Waals surface area (Å²) in [6, 6.07) is 5.80. The molecule has 22 heavy (non-hydrogen) atoms. The first-order valence-corrected chi connectivity index (χ1v) is 8.57. The molecule has 4 heteroatoms. The molecule has 1 fully saturated rings. The first kappa shape index (κ1) is 17.3. The third-order valence-corrected chi connectivity index (χ3v) is 4.41. The van der Waals surface area contributed by atoms with Gasteiger partial charge in [-0.1, -0.05) is 24.6 Å². The summed E-state index contributed by atoms with van der Waals surface area (Å²) >= 11 is 6.04. The first-order valence-electron chi connectivity index (χ1n) is 8.19. The van der Waals surface area contributed by atoms with Crippen molar-refractivity contribution in [3.63, 3.8) is 0 Å². The molecule has 3 nitrogen and oxygen atoms in total. The molecule has 1 aromatic carbocycles. The Morgan fingerprint density at radius 3 is 2.64 bits per heavy atom. The Labute approximate surface area is 139 Å². The van der Waals surface area contributed by atoms with Crippen LogP contribution in [0.25, 0.3) is 0 Å². The van der Waals surface area contributed by atoms with Gasteiger partial charge in [0.25, 0.3) is 0 Å². The molecule has 1 aromatic rings. The van der Waals surface area contributed by atoms with Crippen molar-refractivity contribution in [3.8, 4) is 5.75 Å². The van der Waals surface area contributed by atoms with Gasteiger partial charge in [-0.3, -0.25) is 0 Å². The molecular formula is C18H27ClN2O. The van der Waals surface area contributed by atoms with Gasteiger partial charge >= 0.3 is 0 Å². The molecule has 0 aliphatic carbocycles. The van der Waals surface area contributed by atoms with Crippen molar-refractivity contribution in [1.82, 2.24) is 9.80 Å². The Kier molecular flexibility index (Phi) is 7.23. The summed E-state index contributed by atoms with van der Waals surface area (Å²) in [4.78, 5) is 5.03. The number of piperazine rings is 1. The molecule has 122 valence electrons. The molecule has 0 amide bonds. The number of hydrogen-bond acceptors (Lipinski definition) is 3. The molecule has 0 aromatic heterocycles. The molecule has 1 aliphatic heterocycles. The highest BCUT2D eigenvalue weighted by atomic mass is 35.5. The second kappa shape index (κ2) is 9.19. The molecule has 0 bridgehead atoms. The van der Waals surface area contributed by atoms with Gasteiger partial charge < -0.3 is 14.5 Å². The quantitative estimate of drug-likeness (QED) is 0.538. The minimum atomic E-state index is 0.748. The zero-order valence-corrected chi connectivity index (χ0v) is 14.3. The zero-order chi connectivity index (χ0) is 15.8. The maximum absolute atomic E-state index is 6.04. The van der Waals surface area contributed by atoms with Gasteiger partial charge in [-0.25, -0.2) is 0 Å². The lowest BCUT2D eigenvalue weighted by molar-refractivity contribution is 0.130. The van der Waals surface area contributed by atoms with E-state index in [1.807, 2.05) is 24.3 Å². The second-order valence-corrected chi connectivity index (χ2v) is 6.16. The first-order chi connectivity index (χ1) is 10.7. The molecule has 0 unspecified atom stereocenters. The predicted molar refractivity (Wildman–Crippen MR) is 94.0 cm³/mol. The molecule has 0 atom stereocenters. The van der Waals surface area contributed by atoms with E-state index in [4.69, 9.17) is 16.3 Å². The van der Waals surface area contributed by atoms with Crippen molar-refractivity contribution in [2.45, 2.75) is 19.8 Å². The van der Waals surface area contributed by atoms with Gasteiger partial charge in [-0.2, -0.15) is 0 Å². The van der Waals surface area contributed by atoms with Gasteiger partial charge in [-0.15, -0.1) is 6.58 Å². The summed E-state index contributed by atoms with van der Waals surface area (Å²) < 4.78 is 5.93. The Morgan fingerprint density at radius 1 is 1.23 bits per heavy atom. The molecule has 0 radical (unpaired) electrons. The maximum Gasteiger partial charge on any atom is 0.122 e. The van der Waals surface area contributed by atoms with Gasteiger partial charge in [0.05, 0.1) is 6.61 Å². The fourth-order valence-electron chi connectivity index (χ4n) is 2.80. The Balaban J connectivity index is 1.71. The van der Waals surface area contributed by atoms with E-state index in [1.54, 1.807) is 0 Å². The highest BCUT2D eigenvalue weighted by Crippen LogP contribution is 2.23. The lowest BCUT2D eigenvalue weighted by atomic mass is 10.1. The average molecular weight is 323 g/mol. The summed E-state index contributed by atoms with van der Waals surface area (Å²) in [5.74, 6) is 0.931. The molecule has 1 aliphatic rings. The van der Waals surface area contributed by atoms with Crippen LogP contribution in [-0.4, -0.2) is 55.7 Å². The van der Waals surface area contributed by atoms with E-state index >= 15 is 0 Å². The Morgan fingerprint density at radius 2 is 1.95 bits per heavy atom. The number of rotatable bonds is 8. The normalized spacial score (nSPS) is 16.6.